The summed E-state index contributed by atoms with van der Waals surface area (Å²) in [4.78, 5) is 26.7. The zero-order valence-electron chi connectivity index (χ0n) is 17.3. The van der Waals surface area contributed by atoms with E-state index in [-0.39, 0.29) is 5.56 Å². The van der Waals surface area contributed by atoms with Gasteiger partial charge in [0.2, 0.25) is 0 Å². The fraction of sp³-hybridized carbons (Fsp3) is 0.318. The van der Waals surface area contributed by atoms with Crippen LogP contribution in [0, 0.1) is 0 Å². The summed E-state index contributed by atoms with van der Waals surface area (Å²) in [6.45, 7) is 1.86. The second-order valence-electron chi connectivity index (χ2n) is 7.05. The lowest BCUT2D eigenvalue weighted by molar-refractivity contribution is 0.233. The van der Waals surface area contributed by atoms with E-state index in [9.17, 15) is 4.79 Å². The van der Waals surface area contributed by atoms with Gasteiger partial charge in [-0.25, -0.2) is 4.98 Å². The zero-order valence-corrected chi connectivity index (χ0v) is 17.3. The normalized spacial score (nSPS) is 13.6. The Hall–Kier alpha value is -3.39. The van der Waals surface area contributed by atoms with Crippen molar-refractivity contribution in [2.24, 2.45) is 0 Å². The number of H-pyrrole nitrogens is 1. The molecule has 3 heterocycles. The number of aromatic nitrogens is 3. The van der Waals surface area contributed by atoms with Crippen molar-refractivity contribution in [2.45, 2.75) is 19.5 Å². The van der Waals surface area contributed by atoms with Crippen LogP contribution in [0.4, 0.5) is 0 Å². The Balaban J connectivity index is 1.61. The second-order valence-corrected chi connectivity index (χ2v) is 7.05. The van der Waals surface area contributed by atoms with Crippen LogP contribution in [0.15, 0.2) is 41.5 Å². The number of pyridine rings is 1. The molecule has 0 spiro atoms. The van der Waals surface area contributed by atoms with E-state index in [4.69, 9.17) is 14.2 Å². The van der Waals surface area contributed by atoms with Crippen molar-refractivity contribution in [3.05, 3.63) is 63.8 Å². The van der Waals surface area contributed by atoms with E-state index >= 15 is 0 Å². The molecule has 156 valence electrons. The molecule has 0 atom stereocenters. The monoisotopic (exact) mass is 408 g/mol. The first-order valence-corrected chi connectivity index (χ1v) is 9.66. The van der Waals surface area contributed by atoms with Gasteiger partial charge in [-0.3, -0.25) is 14.7 Å². The summed E-state index contributed by atoms with van der Waals surface area (Å²) < 4.78 is 16.4. The molecular formula is C22H24N4O4. The number of hydrogen-bond acceptors (Lipinski definition) is 7. The standard InChI is InChI=1S/C22H24N4O4/c1-28-15-9-19(29-2)17(20(10-15)30-3)13-26-8-6-18-16(12-26)22(27)25-21(24-18)14-5-4-7-23-11-14/h4-5,7,9-11H,6,8,12-13H2,1-3H3,(H,24,25,27). The smallest absolute Gasteiger partial charge is 0.255 e. The first kappa shape index (κ1) is 19.9. The van der Waals surface area contributed by atoms with Crippen LogP contribution in [0.3, 0.4) is 0 Å². The first-order valence-electron chi connectivity index (χ1n) is 9.66. The Bertz CT molecular complexity index is 1070. The highest BCUT2D eigenvalue weighted by Crippen LogP contribution is 2.35. The molecule has 0 unspecified atom stereocenters. The van der Waals surface area contributed by atoms with Gasteiger partial charge in [-0.2, -0.15) is 0 Å². The summed E-state index contributed by atoms with van der Waals surface area (Å²) in [5.74, 6) is 2.60. The van der Waals surface area contributed by atoms with Crippen molar-refractivity contribution >= 4 is 0 Å². The number of fused-ring (bicyclic) bond motifs is 1. The fourth-order valence-electron chi connectivity index (χ4n) is 3.71. The number of hydrogen-bond donors (Lipinski definition) is 1. The highest BCUT2D eigenvalue weighted by Gasteiger charge is 2.24. The Morgan fingerprint density at radius 1 is 1.13 bits per heavy atom. The van der Waals surface area contributed by atoms with Crippen molar-refractivity contribution in [2.75, 3.05) is 27.9 Å². The van der Waals surface area contributed by atoms with Crippen molar-refractivity contribution < 1.29 is 14.2 Å². The van der Waals surface area contributed by atoms with Gasteiger partial charge in [-0.15, -0.1) is 0 Å². The van der Waals surface area contributed by atoms with E-state index in [1.54, 1.807) is 33.7 Å². The Kier molecular flexibility index (Phi) is 5.67. The number of aromatic amines is 1. The summed E-state index contributed by atoms with van der Waals surface area (Å²) in [5, 5.41) is 0. The third kappa shape index (κ3) is 3.86. The van der Waals surface area contributed by atoms with Gasteiger partial charge in [-0.1, -0.05) is 0 Å². The highest BCUT2D eigenvalue weighted by atomic mass is 16.5. The van der Waals surface area contributed by atoms with Gasteiger partial charge in [0.05, 0.1) is 38.2 Å². The summed E-state index contributed by atoms with van der Waals surface area (Å²) in [6.07, 6.45) is 4.08. The summed E-state index contributed by atoms with van der Waals surface area (Å²) in [6, 6.07) is 7.38. The van der Waals surface area contributed by atoms with E-state index in [1.165, 1.54) is 0 Å². The third-order valence-electron chi connectivity index (χ3n) is 5.28. The minimum absolute atomic E-state index is 0.114. The lowest BCUT2D eigenvalue weighted by Gasteiger charge is -2.29. The van der Waals surface area contributed by atoms with E-state index in [1.807, 2.05) is 24.3 Å². The molecule has 1 aliphatic rings. The van der Waals surface area contributed by atoms with E-state index in [0.717, 1.165) is 23.4 Å². The summed E-state index contributed by atoms with van der Waals surface area (Å²) in [7, 11) is 4.85. The predicted octanol–water partition coefficient (Wildman–Crippen LogP) is 2.42. The molecular weight excluding hydrogens is 384 g/mol. The topological polar surface area (TPSA) is 89.6 Å². The molecule has 1 aliphatic heterocycles. The number of nitrogens with zero attached hydrogens (tertiary/aromatic N) is 3. The van der Waals surface area contributed by atoms with Crippen molar-refractivity contribution in [1.82, 2.24) is 19.9 Å². The minimum atomic E-state index is -0.114. The second kappa shape index (κ2) is 8.54. The van der Waals surface area contributed by atoms with Crippen LogP contribution in [-0.4, -0.2) is 47.7 Å². The molecule has 4 rings (SSSR count). The number of ether oxygens (including phenoxy) is 3. The van der Waals surface area contributed by atoms with Gasteiger partial charge in [0.1, 0.15) is 23.1 Å². The van der Waals surface area contributed by atoms with Crippen LogP contribution >= 0.6 is 0 Å². The number of rotatable bonds is 6. The Labute approximate surface area is 174 Å². The van der Waals surface area contributed by atoms with Gasteiger partial charge in [0.25, 0.3) is 5.56 Å². The lowest BCUT2D eigenvalue weighted by Crippen LogP contribution is -2.35. The van der Waals surface area contributed by atoms with Crippen LogP contribution in [0.2, 0.25) is 0 Å². The van der Waals surface area contributed by atoms with Crippen LogP contribution < -0.4 is 19.8 Å². The summed E-state index contributed by atoms with van der Waals surface area (Å²) >= 11 is 0. The SMILES string of the molecule is COc1cc(OC)c(CN2CCc3nc(-c4cccnc4)[nH]c(=O)c3C2)c(OC)c1. The van der Waals surface area contributed by atoms with Crippen LogP contribution in [0.1, 0.15) is 16.8 Å². The van der Waals surface area contributed by atoms with E-state index < -0.39 is 0 Å². The third-order valence-corrected chi connectivity index (χ3v) is 5.28. The molecule has 8 heteroatoms. The molecule has 0 saturated carbocycles. The van der Waals surface area contributed by atoms with Crippen molar-refractivity contribution in [3.63, 3.8) is 0 Å². The van der Waals surface area contributed by atoms with Crippen molar-refractivity contribution in [1.29, 1.82) is 0 Å². The van der Waals surface area contributed by atoms with Gasteiger partial charge in [0, 0.05) is 56.1 Å². The molecule has 0 bridgehead atoms. The molecule has 30 heavy (non-hydrogen) atoms. The number of benzene rings is 1. The van der Waals surface area contributed by atoms with Crippen LogP contribution in [0.25, 0.3) is 11.4 Å². The quantitative estimate of drug-likeness (QED) is 0.670. The molecule has 3 aromatic rings. The maximum Gasteiger partial charge on any atom is 0.255 e. The molecule has 1 aromatic carbocycles. The first-order chi connectivity index (χ1) is 14.6. The molecule has 0 amide bonds. The predicted molar refractivity (Wildman–Crippen MR) is 112 cm³/mol. The van der Waals surface area contributed by atoms with Gasteiger partial charge < -0.3 is 19.2 Å². The Morgan fingerprint density at radius 3 is 2.53 bits per heavy atom. The molecule has 0 fully saturated rings. The highest BCUT2D eigenvalue weighted by molar-refractivity contribution is 5.53. The van der Waals surface area contributed by atoms with Crippen LogP contribution in [0.5, 0.6) is 17.2 Å². The van der Waals surface area contributed by atoms with Gasteiger partial charge in [-0.05, 0) is 12.1 Å². The average Bonchev–Trinajstić information content (AvgIpc) is 2.79. The van der Waals surface area contributed by atoms with Crippen LogP contribution in [-0.2, 0) is 19.5 Å². The molecule has 1 N–H and O–H groups in total. The van der Waals surface area contributed by atoms with E-state index in [0.29, 0.717) is 48.1 Å². The summed E-state index contributed by atoms with van der Waals surface area (Å²) in [5.41, 5.74) is 3.13. The van der Waals surface area contributed by atoms with Gasteiger partial charge in [0.15, 0.2) is 0 Å². The largest absolute Gasteiger partial charge is 0.496 e. The molecule has 8 nitrogen and oxygen atoms in total. The molecule has 0 aliphatic carbocycles. The molecule has 2 aromatic heterocycles. The maximum absolute atomic E-state index is 12.8. The number of methoxy groups -OCH3 is 3. The lowest BCUT2D eigenvalue weighted by atomic mass is 10.0. The minimum Gasteiger partial charge on any atom is -0.496 e. The fourth-order valence-corrected chi connectivity index (χ4v) is 3.71. The average molecular weight is 408 g/mol. The maximum atomic E-state index is 12.8. The van der Waals surface area contributed by atoms with E-state index in [2.05, 4.69) is 19.9 Å². The number of nitrogens with one attached hydrogen (secondary N) is 1. The zero-order chi connectivity index (χ0) is 21.1. The molecule has 0 saturated heterocycles. The van der Waals surface area contributed by atoms with Crippen molar-refractivity contribution in [3.8, 4) is 28.6 Å². The Morgan fingerprint density at radius 2 is 1.90 bits per heavy atom. The molecule has 0 radical (unpaired) electrons. The van der Waals surface area contributed by atoms with Gasteiger partial charge >= 0.3 is 0 Å².